The normalized spacial score (nSPS) is 18.9. The topological polar surface area (TPSA) is 78.6 Å². The molecule has 2 unspecified atom stereocenters. The van der Waals surface area contributed by atoms with Gasteiger partial charge in [0.1, 0.15) is 22.9 Å². The number of aryl methyl sites for hydroxylation is 3. The van der Waals surface area contributed by atoms with Crippen molar-refractivity contribution < 1.29 is 9.13 Å². The fraction of sp³-hybridized carbons (Fsp3) is 0.348. The predicted octanol–water partition coefficient (Wildman–Crippen LogP) is 4.86. The van der Waals surface area contributed by atoms with Gasteiger partial charge in [-0.1, -0.05) is 11.6 Å². The second kappa shape index (κ2) is 8.18. The molecule has 2 atom stereocenters. The fourth-order valence-corrected chi connectivity index (χ4v) is 4.21. The highest BCUT2D eigenvalue weighted by Gasteiger charge is 2.29. The Kier molecular flexibility index (Phi) is 5.35. The first kappa shape index (κ1) is 20.9. The Labute approximate surface area is 189 Å². The van der Waals surface area contributed by atoms with E-state index in [1.807, 2.05) is 33.3 Å². The Balaban J connectivity index is 1.62. The minimum Gasteiger partial charge on any atom is -0.373 e. The Morgan fingerprint density at radius 3 is 2.69 bits per heavy atom. The maximum absolute atomic E-state index is 14.9. The summed E-state index contributed by atoms with van der Waals surface area (Å²) >= 11 is 5.98. The molecule has 0 radical (unpaired) electrons. The van der Waals surface area contributed by atoms with Crippen LogP contribution in [0, 0.1) is 19.7 Å². The van der Waals surface area contributed by atoms with Crippen LogP contribution in [0.15, 0.2) is 30.6 Å². The van der Waals surface area contributed by atoms with Crippen molar-refractivity contribution in [2.24, 2.45) is 7.05 Å². The van der Waals surface area contributed by atoms with Crippen molar-refractivity contribution in [1.29, 1.82) is 0 Å². The molecular weight excluding hydrogens is 431 g/mol. The molecule has 1 aliphatic heterocycles. The molecular formula is C23H22ClFN6O. The van der Waals surface area contributed by atoms with Gasteiger partial charge in [0.15, 0.2) is 5.65 Å². The zero-order valence-corrected chi connectivity index (χ0v) is 18.8. The third-order valence-electron chi connectivity index (χ3n) is 5.89. The quantitative estimate of drug-likeness (QED) is 0.441. The monoisotopic (exact) mass is 452 g/mol. The van der Waals surface area contributed by atoms with E-state index in [1.54, 1.807) is 16.8 Å². The average Bonchev–Trinajstić information content (AvgIpc) is 3.21. The van der Waals surface area contributed by atoms with E-state index in [-0.39, 0.29) is 12.0 Å². The molecule has 0 saturated carbocycles. The second-order valence-electron chi connectivity index (χ2n) is 8.15. The first-order valence-corrected chi connectivity index (χ1v) is 10.9. The molecule has 1 aromatic carbocycles. The van der Waals surface area contributed by atoms with Crippen molar-refractivity contribution in [3.8, 4) is 11.3 Å². The van der Waals surface area contributed by atoms with Gasteiger partial charge in [0.25, 0.3) is 0 Å². The lowest BCUT2D eigenvalue weighted by Crippen LogP contribution is -2.20. The highest BCUT2D eigenvalue weighted by Crippen LogP contribution is 2.38. The van der Waals surface area contributed by atoms with E-state index in [1.165, 1.54) is 6.07 Å². The summed E-state index contributed by atoms with van der Waals surface area (Å²) in [6, 6.07) is 4.56. The maximum atomic E-state index is 14.9. The summed E-state index contributed by atoms with van der Waals surface area (Å²) in [5.41, 5.74) is 4.27. The SMILES string of the molecule is Cc1nc2nc(C3CCOC(c4cnn(C)c4)C3)nc(-c3ccc(Cl)cc3F)c2nc1C. The largest absolute Gasteiger partial charge is 0.373 e. The number of rotatable bonds is 3. The van der Waals surface area contributed by atoms with Gasteiger partial charge in [-0.15, -0.1) is 0 Å². The van der Waals surface area contributed by atoms with E-state index in [2.05, 4.69) is 15.1 Å². The van der Waals surface area contributed by atoms with Crippen LogP contribution in [0.2, 0.25) is 5.02 Å². The second-order valence-corrected chi connectivity index (χ2v) is 8.59. The molecule has 32 heavy (non-hydrogen) atoms. The van der Waals surface area contributed by atoms with Gasteiger partial charge >= 0.3 is 0 Å². The van der Waals surface area contributed by atoms with Crippen LogP contribution in [0.1, 0.15) is 47.6 Å². The maximum Gasteiger partial charge on any atom is 0.182 e. The Morgan fingerprint density at radius 2 is 1.94 bits per heavy atom. The van der Waals surface area contributed by atoms with Crippen LogP contribution in [0.25, 0.3) is 22.4 Å². The van der Waals surface area contributed by atoms with Gasteiger partial charge in [-0.25, -0.2) is 24.3 Å². The molecule has 0 amide bonds. The van der Waals surface area contributed by atoms with Crippen LogP contribution >= 0.6 is 11.6 Å². The lowest BCUT2D eigenvalue weighted by atomic mass is 9.92. The summed E-state index contributed by atoms with van der Waals surface area (Å²) in [6.07, 6.45) is 5.16. The smallest absolute Gasteiger partial charge is 0.182 e. The van der Waals surface area contributed by atoms with E-state index in [0.29, 0.717) is 46.3 Å². The van der Waals surface area contributed by atoms with Gasteiger partial charge in [0, 0.05) is 41.9 Å². The molecule has 4 aromatic rings. The molecule has 1 fully saturated rings. The van der Waals surface area contributed by atoms with Gasteiger partial charge in [-0.2, -0.15) is 5.10 Å². The molecule has 4 heterocycles. The van der Waals surface area contributed by atoms with E-state index in [4.69, 9.17) is 26.3 Å². The van der Waals surface area contributed by atoms with Crippen molar-refractivity contribution in [2.75, 3.05) is 6.61 Å². The number of aromatic nitrogens is 6. The third-order valence-corrected chi connectivity index (χ3v) is 6.13. The average molecular weight is 453 g/mol. The molecule has 1 aliphatic rings. The molecule has 0 N–H and O–H groups in total. The van der Waals surface area contributed by atoms with Gasteiger partial charge in [0.05, 0.1) is 23.7 Å². The molecule has 7 nitrogen and oxygen atoms in total. The molecule has 1 saturated heterocycles. The minimum absolute atomic E-state index is 0.0378. The number of halogens is 2. The van der Waals surface area contributed by atoms with Gasteiger partial charge in [-0.3, -0.25) is 4.68 Å². The third kappa shape index (κ3) is 3.84. The number of nitrogens with zero attached hydrogens (tertiary/aromatic N) is 6. The van der Waals surface area contributed by atoms with Crippen LogP contribution in [-0.4, -0.2) is 36.3 Å². The zero-order chi connectivity index (χ0) is 22.4. The Morgan fingerprint density at radius 1 is 1.12 bits per heavy atom. The van der Waals surface area contributed by atoms with Crippen molar-refractivity contribution in [3.63, 3.8) is 0 Å². The molecule has 5 rings (SSSR count). The van der Waals surface area contributed by atoms with Crippen molar-refractivity contribution in [1.82, 2.24) is 29.7 Å². The molecule has 164 valence electrons. The van der Waals surface area contributed by atoms with E-state index in [0.717, 1.165) is 23.4 Å². The fourth-order valence-electron chi connectivity index (χ4n) is 4.05. The van der Waals surface area contributed by atoms with Crippen molar-refractivity contribution >= 4 is 22.8 Å². The summed E-state index contributed by atoms with van der Waals surface area (Å²) in [4.78, 5) is 18.9. The van der Waals surface area contributed by atoms with Crippen LogP contribution < -0.4 is 0 Å². The highest BCUT2D eigenvalue weighted by atomic mass is 35.5. The molecule has 9 heteroatoms. The van der Waals surface area contributed by atoms with Gasteiger partial charge in [0.2, 0.25) is 0 Å². The first-order valence-electron chi connectivity index (χ1n) is 10.5. The number of fused-ring (bicyclic) bond motifs is 1. The van der Waals surface area contributed by atoms with Crippen molar-refractivity contribution in [3.05, 3.63) is 64.2 Å². The van der Waals surface area contributed by atoms with Crippen LogP contribution in [0.3, 0.4) is 0 Å². The van der Waals surface area contributed by atoms with Crippen LogP contribution in [0.4, 0.5) is 4.39 Å². The number of ether oxygens (including phenoxy) is 1. The lowest BCUT2D eigenvalue weighted by Gasteiger charge is -2.28. The molecule has 3 aromatic heterocycles. The number of benzene rings is 1. The van der Waals surface area contributed by atoms with Crippen LogP contribution in [-0.2, 0) is 11.8 Å². The highest BCUT2D eigenvalue weighted by molar-refractivity contribution is 6.30. The first-order chi connectivity index (χ1) is 15.4. The molecule has 0 bridgehead atoms. The summed E-state index contributed by atoms with van der Waals surface area (Å²) in [7, 11) is 1.88. The lowest BCUT2D eigenvalue weighted by molar-refractivity contribution is 0.00398. The molecule has 0 aliphatic carbocycles. The van der Waals surface area contributed by atoms with E-state index >= 15 is 0 Å². The Bertz CT molecular complexity index is 1320. The van der Waals surface area contributed by atoms with Gasteiger partial charge in [-0.05, 0) is 44.9 Å². The minimum atomic E-state index is -0.455. The van der Waals surface area contributed by atoms with E-state index < -0.39 is 5.82 Å². The predicted molar refractivity (Wildman–Crippen MR) is 119 cm³/mol. The van der Waals surface area contributed by atoms with E-state index in [9.17, 15) is 4.39 Å². The summed E-state index contributed by atoms with van der Waals surface area (Å²) in [5.74, 6) is 0.205. The summed E-state index contributed by atoms with van der Waals surface area (Å²) < 4.78 is 22.6. The van der Waals surface area contributed by atoms with Crippen molar-refractivity contribution in [2.45, 2.75) is 38.7 Å². The summed E-state index contributed by atoms with van der Waals surface area (Å²) in [6.45, 7) is 4.34. The number of hydrogen-bond donors (Lipinski definition) is 0. The Hall–Kier alpha value is -2.97. The standard InChI is InChI=1S/C23H22ClFN6O/c1-12-13(2)28-23-21(27-12)20(17-5-4-16(24)9-18(17)25)29-22(30-23)14-6-7-32-19(8-14)15-10-26-31(3)11-15/h4-5,9-11,14,19H,6-8H2,1-3H3. The molecule has 0 spiro atoms. The number of hydrogen-bond acceptors (Lipinski definition) is 6. The van der Waals surface area contributed by atoms with Crippen LogP contribution in [0.5, 0.6) is 0 Å². The zero-order valence-electron chi connectivity index (χ0n) is 18.0. The van der Waals surface area contributed by atoms with Gasteiger partial charge < -0.3 is 4.74 Å². The summed E-state index contributed by atoms with van der Waals surface area (Å²) in [5, 5.41) is 4.58.